The van der Waals surface area contributed by atoms with E-state index in [1.54, 1.807) is 19.2 Å². The molecule has 0 spiro atoms. The number of allylic oxidation sites excluding steroid dienone is 1. The molecule has 4 aromatic rings. The molecule has 7 heteroatoms. The largest absolute Gasteiger partial charge is 0.493 e. The van der Waals surface area contributed by atoms with E-state index in [-0.39, 0.29) is 5.91 Å². The average molecular weight is 534 g/mol. The molecule has 0 unspecified atom stereocenters. The smallest absolute Gasteiger partial charge is 0.251 e. The topological polar surface area (TPSA) is 65.4 Å². The van der Waals surface area contributed by atoms with Crippen LogP contribution in [0.3, 0.4) is 0 Å². The number of benzene rings is 3. The van der Waals surface area contributed by atoms with E-state index in [9.17, 15) is 4.79 Å². The van der Waals surface area contributed by atoms with Gasteiger partial charge in [-0.3, -0.25) is 4.79 Å². The quantitative estimate of drug-likeness (QED) is 0.245. The molecule has 3 aromatic carbocycles. The standard InChI is InChI=1S/C28H28BrN3O3/c1-3-8-20-13-14-25(26(17-20)34-2)35-16-7-15-32-24-12-5-4-11-23(24)31-27(32)19-30-28(33)21-9-6-10-22(29)18-21/h3-6,8-14,17-18H,7,15-16,19H2,1-2H3,(H,30,33)/b8-3+. The van der Waals surface area contributed by atoms with Crippen LogP contribution in [0.1, 0.15) is 35.1 Å². The first-order chi connectivity index (χ1) is 17.1. The fourth-order valence-electron chi connectivity index (χ4n) is 3.91. The first-order valence-electron chi connectivity index (χ1n) is 11.5. The number of nitrogens with zero attached hydrogens (tertiary/aromatic N) is 2. The fraction of sp³-hybridized carbons (Fsp3) is 0.214. The summed E-state index contributed by atoms with van der Waals surface area (Å²) in [6.07, 6.45) is 4.78. The van der Waals surface area contributed by atoms with Gasteiger partial charge < -0.3 is 19.4 Å². The number of carbonyl (C=O) groups is 1. The molecule has 0 aliphatic carbocycles. The number of carbonyl (C=O) groups excluding carboxylic acids is 1. The van der Waals surface area contributed by atoms with Gasteiger partial charge in [0.1, 0.15) is 5.82 Å². The molecule has 0 aliphatic heterocycles. The molecule has 0 atom stereocenters. The number of hydrogen-bond donors (Lipinski definition) is 1. The molecule has 4 rings (SSSR count). The maximum atomic E-state index is 12.6. The lowest BCUT2D eigenvalue weighted by Gasteiger charge is -2.13. The minimum atomic E-state index is -0.137. The summed E-state index contributed by atoms with van der Waals surface area (Å²) < 4.78 is 14.5. The van der Waals surface area contributed by atoms with Crippen molar-refractivity contribution in [3.8, 4) is 11.5 Å². The molecular formula is C28H28BrN3O3. The molecule has 0 bridgehead atoms. The Morgan fingerprint density at radius 2 is 1.94 bits per heavy atom. The summed E-state index contributed by atoms with van der Waals surface area (Å²) in [5.41, 5.74) is 3.61. The van der Waals surface area contributed by atoms with Crippen LogP contribution in [0.4, 0.5) is 0 Å². The van der Waals surface area contributed by atoms with Crippen molar-refractivity contribution >= 4 is 38.9 Å². The summed E-state index contributed by atoms with van der Waals surface area (Å²) >= 11 is 3.41. The number of aryl methyl sites for hydroxylation is 1. The third kappa shape index (κ3) is 6.11. The first-order valence-corrected chi connectivity index (χ1v) is 12.3. The molecule has 180 valence electrons. The van der Waals surface area contributed by atoms with Gasteiger partial charge in [-0.05, 0) is 61.4 Å². The number of methoxy groups -OCH3 is 1. The predicted molar refractivity (Wildman–Crippen MR) is 143 cm³/mol. The summed E-state index contributed by atoms with van der Waals surface area (Å²) in [5.74, 6) is 2.10. The van der Waals surface area contributed by atoms with Gasteiger partial charge in [-0.2, -0.15) is 0 Å². The van der Waals surface area contributed by atoms with Gasteiger partial charge in [-0.25, -0.2) is 4.98 Å². The number of amides is 1. The Morgan fingerprint density at radius 3 is 2.74 bits per heavy atom. The van der Waals surface area contributed by atoms with E-state index in [0.717, 1.165) is 39.1 Å². The maximum absolute atomic E-state index is 12.6. The minimum Gasteiger partial charge on any atom is -0.493 e. The molecule has 1 heterocycles. The Labute approximate surface area is 213 Å². The summed E-state index contributed by atoms with van der Waals surface area (Å²) in [6.45, 7) is 3.55. The highest BCUT2D eigenvalue weighted by atomic mass is 79.9. The third-order valence-electron chi connectivity index (χ3n) is 5.56. The number of ether oxygens (including phenoxy) is 2. The summed E-state index contributed by atoms with van der Waals surface area (Å²) in [4.78, 5) is 17.4. The van der Waals surface area contributed by atoms with Crippen molar-refractivity contribution in [2.75, 3.05) is 13.7 Å². The van der Waals surface area contributed by atoms with Crippen LogP contribution in [0.15, 0.2) is 77.3 Å². The lowest BCUT2D eigenvalue weighted by Crippen LogP contribution is -2.25. The molecule has 0 saturated heterocycles. The third-order valence-corrected chi connectivity index (χ3v) is 6.05. The number of imidazole rings is 1. The molecular weight excluding hydrogens is 506 g/mol. The van der Waals surface area contributed by atoms with E-state index in [1.807, 2.05) is 73.7 Å². The number of rotatable bonds is 10. The SMILES string of the molecule is C/C=C/c1ccc(OCCCn2c(CNC(=O)c3cccc(Br)c3)nc3ccccc32)c(OC)c1. The Bertz CT molecular complexity index is 1350. The van der Waals surface area contributed by atoms with Gasteiger partial charge in [0, 0.05) is 16.6 Å². The van der Waals surface area contributed by atoms with Gasteiger partial charge in [0.25, 0.3) is 5.91 Å². The van der Waals surface area contributed by atoms with Crippen molar-refractivity contribution in [3.63, 3.8) is 0 Å². The van der Waals surface area contributed by atoms with Crippen molar-refractivity contribution in [3.05, 3.63) is 94.2 Å². The molecule has 1 amide bonds. The van der Waals surface area contributed by atoms with Gasteiger partial charge in [-0.1, -0.05) is 52.3 Å². The van der Waals surface area contributed by atoms with Crippen molar-refractivity contribution in [1.82, 2.24) is 14.9 Å². The van der Waals surface area contributed by atoms with Gasteiger partial charge >= 0.3 is 0 Å². The van der Waals surface area contributed by atoms with E-state index in [2.05, 4.69) is 25.8 Å². The van der Waals surface area contributed by atoms with E-state index < -0.39 is 0 Å². The van der Waals surface area contributed by atoms with Crippen LogP contribution in [0.25, 0.3) is 17.1 Å². The zero-order valence-electron chi connectivity index (χ0n) is 19.8. The second kappa shape index (κ2) is 11.7. The average Bonchev–Trinajstić information content (AvgIpc) is 3.23. The van der Waals surface area contributed by atoms with Crippen molar-refractivity contribution in [1.29, 1.82) is 0 Å². The lowest BCUT2D eigenvalue weighted by atomic mass is 10.2. The molecule has 0 fully saturated rings. The number of fused-ring (bicyclic) bond motifs is 1. The summed E-state index contributed by atoms with van der Waals surface area (Å²) in [5, 5.41) is 2.99. The molecule has 1 aromatic heterocycles. The van der Waals surface area contributed by atoms with E-state index in [4.69, 9.17) is 14.5 Å². The zero-order valence-corrected chi connectivity index (χ0v) is 21.4. The molecule has 0 aliphatic rings. The maximum Gasteiger partial charge on any atom is 0.251 e. The van der Waals surface area contributed by atoms with Crippen LogP contribution in [0.2, 0.25) is 0 Å². The normalized spacial score (nSPS) is 11.2. The van der Waals surface area contributed by atoms with Gasteiger partial charge in [-0.15, -0.1) is 0 Å². The van der Waals surface area contributed by atoms with E-state index in [1.165, 1.54) is 0 Å². The second-order valence-corrected chi connectivity index (χ2v) is 8.89. The van der Waals surface area contributed by atoms with Crippen LogP contribution in [0.5, 0.6) is 11.5 Å². The molecule has 35 heavy (non-hydrogen) atoms. The Morgan fingerprint density at radius 1 is 1.09 bits per heavy atom. The van der Waals surface area contributed by atoms with Crippen molar-refractivity contribution in [2.45, 2.75) is 26.4 Å². The first kappa shape index (κ1) is 24.5. The Balaban J connectivity index is 1.42. The summed E-state index contributed by atoms with van der Waals surface area (Å²) in [7, 11) is 1.65. The highest BCUT2D eigenvalue weighted by Gasteiger charge is 2.13. The van der Waals surface area contributed by atoms with Crippen LogP contribution < -0.4 is 14.8 Å². The van der Waals surface area contributed by atoms with Gasteiger partial charge in [0.2, 0.25) is 0 Å². The molecule has 6 nitrogen and oxygen atoms in total. The fourth-order valence-corrected chi connectivity index (χ4v) is 4.30. The Kier molecular flexibility index (Phi) is 8.21. The van der Waals surface area contributed by atoms with E-state index >= 15 is 0 Å². The number of halogens is 1. The molecule has 0 radical (unpaired) electrons. The lowest BCUT2D eigenvalue weighted by molar-refractivity contribution is 0.0949. The van der Waals surface area contributed by atoms with Gasteiger partial charge in [0.05, 0.1) is 31.3 Å². The highest BCUT2D eigenvalue weighted by molar-refractivity contribution is 9.10. The van der Waals surface area contributed by atoms with Crippen LogP contribution in [-0.4, -0.2) is 29.2 Å². The van der Waals surface area contributed by atoms with E-state index in [0.29, 0.717) is 31.0 Å². The van der Waals surface area contributed by atoms with Crippen LogP contribution >= 0.6 is 15.9 Å². The van der Waals surface area contributed by atoms with Crippen LogP contribution in [-0.2, 0) is 13.1 Å². The molecule has 1 N–H and O–H groups in total. The monoisotopic (exact) mass is 533 g/mol. The predicted octanol–water partition coefficient (Wildman–Crippen LogP) is 6.24. The molecule has 0 saturated carbocycles. The highest BCUT2D eigenvalue weighted by Crippen LogP contribution is 2.29. The van der Waals surface area contributed by atoms with Crippen molar-refractivity contribution in [2.24, 2.45) is 0 Å². The van der Waals surface area contributed by atoms with Crippen LogP contribution in [0, 0.1) is 0 Å². The number of hydrogen-bond acceptors (Lipinski definition) is 4. The van der Waals surface area contributed by atoms with Gasteiger partial charge in [0.15, 0.2) is 11.5 Å². The Hall–Kier alpha value is -3.58. The summed E-state index contributed by atoms with van der Waals surface area (Å²) in [6, 6.07) is 21.2. The minimum absolute atomic E-state index is 0.137. The zero-order chi connectivity index (χ0) is 24.6. The number of aromatic nitrogens is 2. The van der Waals surface area contributed by atoms with Crippen molar-refractivity contribution < 1.29 is 14.3 Å². The number of para-hydroxylation sites is 2. The second-order valence-electron chi connectivity index (χ2n) is 7.97. The number of nitrogens with one attached hydrogen (secondary N) is 1.